The lowest BCUT2D eigenvalue weighted by Crippen LogP contribution is -2.29. The molecule has 140 valence electrons. The predicted octanol–water partition coefficient (Wildman–Crippen LogP) is 5.36. The Hall–Kier alpha value is -3.31. The van der Waals surface area contributed by atoms with Gasteiger partial charge in [-0.25, -0.2) is 0 Å². The van der Waals surface area contributed by atoms with Crippen molar-refractivity contribution >= 4 is 34.8 Å². The highest BCUT2D eigenvalue weighted by Gasteiger charge is 2.27. The summed E-state index contributed by atoms with van der Waals surface area (Å²) < 4.78 is 5.97. The number of carbonyl (C=O) groups is 2. The molecule has 3 aromatic carbocycles. The van der Waals surface area contributed by atoms with Gasteiger partial charge in [-0.3, -0.25) is 9.59 Å². The number of ether oxygens (including phenoxy) is 1. The van der Waals surface area contributed by atoms with Crippen LogP contribution in [0.15, 0.2) is 66.7 Å². The summed E-state index contributed by atoms with van der Waals surface area (Å²) in [5.74, 6) is 0.617. The van der Waals surface area contributed by atoms with Crippen LogP contribution in [0.2, 0.25) is 5.02 Å². The lowest BCUT2D eigenvalue weighted by Gasteiger charge is -2.19. The Kier molecular flexibility index (Phi) is 4.75. The molecule has 1 aliphatic rings. The normalized spacial score (nSPS) is 12.5. The summed E-state index contributed by atoms with van der Waals surface area (Å²) in [6.07, 6.45) is 0. The number of para-hydroxylation sites is 2. The maximum Gasteiger partial charge on any atom is 0.262 e. The molecule has 0 bridgehead atoms. The molecule has 0 saturated heterocycles. The number of hydrogen-bond donors (Lipinski definition) is 1. The minimum Gasteiger partial charge on any atom is -0.454 e. The van der Waals surface area contributed by atoms with E-state index < -0.39 is 0 Å². The fraction of sp³-hybridized carbons (Fsp3) is 0.0909. The van der Waals surface area contributed by atoms with E-state index in [-0.39, 0.29) is 11.8 Å². The van der Waals surface area contributed by atoms with Crippen LogP contribution in [0.25, 0.3) is 0 Å². The van der Waals surface area contributed by atoms with Crippen LogP contribution in [0.5, 0.6) is 11.5 Å². The van der Waals surface area contributed by atoms with Crippen molar-refractivity contribution < 1.29 is 14.3 Å². The van der Waals surface area contributed by atoms with Crippen molar-refractivity contribution in [3.8, 4) is 11.5 Å². The molecular weight excluding hydrogens is 376 g/mol. The van der Waals surface area contributed by atoms with Crippen LogP contribution in [-0.2, 0) is 0 Å². The Labute approximate surface area is 167 Å². The highest BCUT2D eigenvalue weighted by molar-refractivity contribution is 6.30. The first kappa shape index (κ1) is 18.1. The van der Waals surface area contributed by atoms with Crippen molar-refractivity contribution in [1.82, 2.24) is 0 Å². The summed E-state index contributed by atoms with van der Waals surface area (Å²) in [5, 5.41) is 3.37. The van der Waals surface area contributed by atoms with Crippen LogP contribution in [-0.4, -0.2) is 18.4 Å². The van der Waals surface area contributed by atoms with Gasteiger partial charge in [-0.2, -0.15) is 0 Å². The fourth-order valence-electron chi connectivity index (χ4n) is 3.12. The summed E-state index contributed by atoms with van der Waals surface area (Å²) in [4.78, 5) is 27.2. The quantitative estimate of drug-likeness (QED) is 0.652. The van der Waals surface area contributed by atoms with Crippen LogP contribution >= 0.6 is 11.6 Å². The van der Waals surface area contributed by atoms with Gasteiger partial charge >= 0.3 is 0 Å². The number of benzene rings is 3. The number of amides is 2. The van der Waals surface area contributed by atoms with Gasteiger partial charge in [0.15, 0.2) is 5.75 Å². The number of carbonyl (C=O) groups excluding carboxylic acids is 2. The van der Waals surface area contributed by atoms with Gasteiger partial charge in [0.05, 0.1) is 11.3 Å². The van der Waals surface area contributed by atoms with Crippen molar-refractivity contribution in [1.29, 1.82) is 0 Å². The lowest BCUT2D eigenvalue weighted by molar-refractivity contribution is 0.0985. The average Bonchev–Trinajstić information content (AvgIpc) is 2.82. The molecule has 2 amide bonds. The Morgan fingerprint density at radius 3 is 2.54 bits per heavy atom. The maximum absolute atomic E-state index is 13.1. The van der Waals surface area contributed by atoms with Gasteiger partial charge in [-0.05, 0) is 61.5 Å². The number of anilines is 2. The molecule has 0 unspecified atom stereocenters. The summed E-state index contributed by atoms with van der Waals surface area (Å²) in [7, 11) is 0. The third kappa shape index (κ3) is 3.32. The average molecular weight is 393 g/mol. The van der Waals surface area contributed by atoms with Crippen molar-refractivity contribution in [3.05, 3.63) is 82.9 Å². The van der Waals surface area contributed by atoms with Crippen molar-refractivity contribution in [2.45, 2.75) is 6.92 Å². The molecule has 0 aromatic heterocycles. The summed E-state index contributed by atoms with van der Waals surface area (Å²) >= 11 is 5.87. The number of fused-ring (bicyclic) bond motifs is 2. The molecule has 5 nitrogen and oxygen atoms in total. The van der Waals surface area contributed by atoms with Crippen LogP contribution < -0.4 is 15.0 Å². The van der Waals surface area contributed by atoms with Gasteiger partial charge in [-0.1, -0.05) is 23.7 Å². The Morgan fingerprint density at radius 2 is 1.79 bits per heavy atom. The zero-order valence-electron chi connectivity index (χ0n) is 15.1. The van der Waals surface area contributed by atoms with Crippen LogP contribution in [0.1, 0.15) is 27.6 Å². The third-order valence-corrected chi connectivity index (χ3v) is 4.76. The van der Waals surface area contributed by atoms with Gasteiger partial charge < -0.3 is 15.0 Å². The Bertz CT molecular complexity index is 1060. The molecule has 4 rings (SSSR count). The minimum atomic E-state index is -0.283. The van der Waals surface area contributed by atoms with Gasteiger partial charge in [0.1, 0.15) is 5.75 Å². The van der Waals surface area contributed by atoms with E-state index in [1.165, 1.54) is 0 Å². The zero-order valence-corrected chi connectivity index (χ0v) is 15.9. The first-order chi connectivity index (χ1) is 13.6. The molecule has 1 aliphatic heterocycles. The highest BCUT2D eigenvalue weighted by atomic mass is 35.5. The second-order valence-electron chi connectivity index (χ2n) is 6.29. The minimum absolute atomic E-state index is 0.176. The molecule has 0 atom stereocenters. The number of rotatable bonds is 3. The number of hydrogen-bond acceptors (Lipinski definition) is 3. The lowest BCUT2D eigenvalue weighted by atomic mass is 10.1. The van der Waals surface area contributed by atoms with Gasteiger partial charge in [0, 0.05) is 22.8 Å². The summed E-state index contributed by atoms with van der Waals surface area (Å²) in [6, 6.07) is 19.1. The predicted molar refractivity (Wildman–Crippen MR) is 110 cm³/mol. The molecule has 0 aliphatic carbocycles. The molecule has 0 fully saturated rings. The largest absolute Gasteiger partial charge is 0.454 e. The highest BCUT2D eigenvalue weighted by Crippen LogP contribution is 2.39. The molecule has 3 aromatic rings. The Balaban J connectivity index is 1.67. The first-order valence-corrected chi connectivity index (χ1v) is 9.24. The Morgan fingerprint density at radius 1 is 1.04 bits per heavy atom. The van der Waals surface area contributed by atoms with Crippen LogP contribution in [0, 0.1) is 0 Å². The number of nitrogens with one attached hydrogen (secondary N) is 1. The standard InChI is InChI=1S/C22H17ClN2O3/c1-2-25-18-5-3-4-6-20(18)28-19-12-11-16(13-17(19)22(25)27)24-21(26)14-7-9-15(23)10-8-14/h3-13H,2H2,1H3,(H,24,26). The molecule has 0 spiro atoms. The van der Waals surface area contributed by atoms with Crippen molar-refractivity contribution in [2.75, 3.05) is 16.8 Å². The molecule has 1 heterocycles. The van der Waals surface area contributed by atoms with E-state index in [4.69, 9.17) is 16.3 Å². The van der Waals surface area contributed by atoms with Crippen LogP contribution in [0.4, 0.5) is 11.4 Å². The van der Waals surface area contributed by atoms with E-state index in [0.717, 1.165) is 5.69 Å². The second-order valence-corrected chi connectivity index (χ2v) is 6.73. The topological polar surface area (TPSA) is 58.6 Å². The van der Waals surface area contributed by atoms with Gasteiger partial charge in [0.2, 0.25) is 0 Å². The molecule has 6 heteroatoms. The second kappa shape index (κ2) is 7.37. The van der Waals surface area contributed by atoms with E-state index in [0.29, 0.717) is 39.9 Å². The molecule has 1 N–H and O–H groups in total. The van der Waals surface area contributed by atoms with Gasteiger partial charge in [-0.15, -0.1) is 0 Å². The molecular formula is C22H17ClN2O3. The van der Waals surface area contributed by atoms with Crippen molar-refractivity contribution in [2.24, 2.45) is 0 Å². The SMILES string of the molecule is CCN1C(=O)c2cc(NC(=O)c3ccc(Cl)cc3)ccc2Oc2ccccc21. The monoisotopic (exact) mass is 392 g/mol. The summed E-state index contributed by atoms with van der Waals surface area (Å²) in [6.45, 7) is 2.41. The fourth-order valence-corrected chi connectivity index (χ4v) is 3.25. The molecule has 0 saturated carbocycles. The van der Waals surface area contributed by atoms with Crippen LogP contribution in [0.3, 0.4) is 0 Å². The first-order valence-electron chi connectivity index (χ1n) is 8.86. The van der Waals surface area contributed by atoms with E-state index in [2.05, 4.69) is 5.32 Å². The number of halogens is 1. The number of nitrogens with zero attached hydrogens (tertiary/aromatic N) is 1. The van der Waals surface area contributed by atoms with E-state index in [1.54, 1.807) is 47.4 Å². The smallest absolute Gasteiger partial charge is 0.262 e. The van der Waals surface area contributed by atoms with Gasteiger partial charge in [0.25, 0.3) is 11.8 Å². The molecule has 28 heavy (non-hydrogen) atoms. The summed E-state index contributed by atoms with van der Waals surface area (Å²) in [5.41, 5.74) is 2.10. The third-order valence-electron chi connectivity index (χ3n) is 4.51. The maximum atomic E-state index is 13.1. The van der Waals surface area contributed by atoms with E-state index >= 15 is 0 Å². The van der Waals surface area contributed by atoms with E-state index in [1.807, 2.05) is 31.2 Å². The van der Waals surface area contributed by atoms with Crippen molar-refractivity contribution in [3.63, 3.8) is 0 Å². The zero-order chi connectivity index (χ0) is 19.7. The molecule has 0 radical (unpaired) electrons. The van der Waals surface area contributed by atoms with E-state index in [9.17, 15) is 9.59 Å².